The fourth-order valence-corrected chi connectivity index (χ4v) is 4.19. The zero-order chi connectivity index (χ0) is 14.7. The molecule has 1 N–H and O–H groups in total. The lowest BCUT2D eigenvalue weighted by Crippen LogP contribution is -2.51. The van der Waals surface area contributed by atoms with Gasteiger partial charge in [0.2, 0.25) is 10.0 Å². The van der Waals surface area contributed by atoms with E-state index >= 15 is 0 Å². The molecule has 2 atom stereocenters. The van der Waals surface area contributed by atoms with Crippen LogP contribution in [0.3, 0.4) is 0 Å². The number of nitrogens with zero attached hydrogens (tertiary/aromatic N) is 2. The van der Waals surface area contributed by atoms with Gasteiger partial charge in [0, 0.05) is 13.1 Å². The van der Waals surface area contributed by atoms with E-state index in [-0.39, 0.29) is 13.0 Å². The summed E-state index contributed by atoms with van der Waals surface area (Å²) in [7, 11) is -3.73. The van der Waals surface area contributed by atoms with Crippen LogP contribution in [0.4, 0.5) is 0 Å². The highest BCUT2D eigenvalue weighted by Crippen LogP contribution is 2.35. The molecule has 0 amide bonds. The highest BCUT2D eigenvalue weighted by Gasteiger charge is 2.45. The molecule has 2 unspecified atom stereocenters. The van der Waals surface area contributed by atoms with Crippen LogP contribution in [0, 0.1) is 16.7 Å². The third-order valence-corrected chi connectivity index (χ3v) is 6.10. The summed E-state index contributed by atoms with van der Waals surface area (Å²) >= 11 is 0. The van der Waals surface area contributed by atoms with E-state index in [1.807, 2.05) is 0 Å². The molecular weight excluding hydrogens is 268 g/mol. The molecule has 1 rings (SSSR count). The van der Waals surface area contributed by atoms with E-state index in [2.05, 4.69) is 0 Å². The third-order valence-electron chi connectivity index (χ3n) is 3.91. The Kier molecular flexibility index (Phi) is 4.93. The minimum Gasteiger partial charge on any atom is -0.481 e. The molecule has 0 radical (unpaired) electrons. The SMILES string of the molecule is CCC(C#N)S(=O)(=O)N1CCCC(CC)(C(=O)O)C1. The largest absolute Gasteiger partial charge is 0.481 e. The van der Waals surface area contributed by atoms with E-state index in [1.165, 1.54) is 4.31 Å². The Labute approximate surface area is 114 Å². The van der Waals surface area contributed by atoms with Crippen LogP contribution in [0.5, 0.6) is 0 Å². The summed E-state index contributed by atoms with van der Waals surface area (Å²) in [6, 6.07) is 1.79. The molecule has 0 bridgehead atoms. The van der Waals surface area contributed by atoms with Crippen LogP contribution >= 0.6 is 0 Å². The summed E-state index contributed by atoms with van der Waals surface area (Å²) in [5.74, 6) is -0.958. The predicted molar refractivity (Wildman–Crippen MR) is 69.8 cm³/mol. The number of aliphatic carboxylic acids is 1. The maximum Gasteiger partial charge on any atom is 0.310 e. The zero-order valence-corrected chi connectivity index (χ0v) is 12.1. The lowest BCUT2D eigenvalue weighted by atomic mass is 9.78. The normalized spacial score (nSPS) is 26.6. The first-order chi connectivity index (χ1) is 8.84. The summed E-state index contributed by atoms with van der Waals surface area (Å²) in [5, 5.41) is 17.2. The molecule has 7 heteroatoms. The number of rotatable bonds is 5. The number of hydrogen-bond donors (Lipinski definition) is 1. The first kappa shape index (κ1) is 15.9. The monoisotopic (exact) mass is 288 g/mol. The molecule has 0 saturated carbocycles. The topological polar surface area (TPSA) is 98.5 Å². The molecular formula is C12H20N2O4S. The van der Waals surface area contributed by atoms with Crippen LogP contribution in [0.2, 0.25) is 0 Å². The average molecular weight is 288 g/mol. The van der Waals surface area contributed by atoms with Crippen LogP contribution < -0.4 is 0 Å². The highest BCUT2D eigenvalue weighted by atomic mass is 32.2. The summed E-state index contributed by atoms with van der Waals surface area (Å²) < 4.78 is 25.8. The van der Waals surface area contributed by atoms with Crippen molar-refractivity contribution in [3.05, 3.63) is 0 Å². The Hall–Kier alpha value is -1.13. The number of hydrogen-bond acceptors (Lipinski definition) is 4. The van der Waals surface area contributed by atoms with Crippen LogP contribution in [-0.2, 0) is 14.8 Å². The van der Waals surface area contributed by atoms with Gasteiger partial charge in [-0.3, -0.25) is 4.79 Å². The molecule has 0 spiro atoms. The van der Waals surface area contributed by atoms with Crippen molar-refractivity contribution in [3.8, 4) is 6.07 Å². The second-order valence-electron chi connectivity index (χ2n) is 4.95. The average Bonchev–Trinajstić information content (AvgIpc) is 2.39. The van der Waals surface area contributed by atoms with E-state index in [4.69, 9.17) is 5.26 Å². The Morgan fingerprint density at radius 1 is 1.53 bits per heavy atom. The van der Waals surface area contributed by atoms with E-state index < -0.39 is 26.7 Å². The van der Waals surface area contributed by atoms with E-state index in [0.29, 0.717) is 25.8 Å². The fourth-order valence-electron chi connectivity index (χ4n) is 2.47. The molecule has 1 heterocycles. The molecule has 0 aromatic heterocycles. The second kappa shape index (κ2) is 5.88. The number of carboxylic acid groups (broad SMARTS) is 1. The van der Waals surface area contributed by atoms with Gasteiger partial charge in [0.05, 0.1) is 11.5 Å². The molecule has 0 aliphatic carbocycles. The first-order valence-corrected chi connectivity index (χ1v) is 7.96. The van der Waals surface area contributed by atoms with Gasteiger partial charge in [0.25, 0.3) is 0 Å². The van der Waals surface area contributed by atoms with Crippen molar-refractivity contribution in [2.75, 3.05) is 13.1 Å². The highest BCUT2D eigenvalue weighted by molar-refractivity contribution is 7.90. The Morgan fingerprint density at radius 3 is 2.58 bits per heavy atom. The summed E-state index contributed by atoms with van der Waals surface area (Å²) in [6.07, 6.45) is 1.59. The zero-order valence-electron chi connectivity index (χ0n) is 11.3. The molecule has 1 fully saturated rings. The molecule has 108 valence electrons. The molecule has 1 aliphatic rings. The quantitative estimate of drug-likeness (QED) is 0.819. The molecule has 0 aromatic carbocycles. The van der Waals surface area contributed by atoms with Gasteiger partial charge in [-0.25, -0.2) is 8.42 Å². The van der Waals surface area contributed by atoms with Gasteiger partial charge in [-0.05, 0) is 25.7 Å². The first-order valence-electron chi connectivity index (χ1n) is 6.46. The van der Waals surface area contributed by atoms with Crippen molar-refractivity contribution in [1.29, 1.82) is 5.26 Å². The third kappa shape index (κ3) is 2.90. The lowest BCUT2D eigenvalue weighted by Gasteiger charge is -2.39. The van der Waals surface area contributed by atoms with Crippen LogP contribution in [0.1, 0.15) is 39.5 Å². The summed E-state index contributed by atoms with van der Waals surface area (Å²) in [6.45, 7) is 3.67. The number of carboxylic acids is 1. The van der Waals surface area contributed by atoms with E-state index in [1.54, 1.807) is 19.9 Å². The standard InChI is InChI=1S/C12H20N2O4S/c1-3-10(8-13)19(17,18)14-7-5-6-12(4-2,9-14)11(15)16/h10H,3-7,9H2,1-2H3,(H,15,16). The van der Waals surface area contributed by atoms with E-state index in [0.717, 1.165) is 0 Å². The predicted octanol–water partition coefficient (Wildman–Crippen LogP) is 1.20. The van der Waals surface area contributed by atoms with Crippen LogP contribution in [-0.4, -0.2) is 42.1 Å². The Morgan fingerprint density at radius 2 is 2.16 bits per heavy atom. The van der Waals surface area contributed by atoms with Crippen molar-refractivity contribution in [1.82, 2.24) is 4.31 Å². The van der Waals surface area contributed by atoms with Gasteiger partial charge in [-0.15, -0.1) is 0 Å². The van der Waals surface area contributed by atoms with Crippen LogP contribution in [0.15, 0.2) is 0 Å². The van der Waals surface area contributed by atoms with Gasteiger partial charge in [-0.1, -0.05) is 13.8 Å². The minimum atomic E-state index is -3.73. The van der Waals surface area contributed by atoms with Gasteiger partial charge < -0.3 is 5.11 Å². The number of carbonyl (C=O) groups is 1. The second-order valence-corrected chi connectivity index (χ2v) is 7.06. The molecule has 1 aliphatic heterocycles. The van der Waals surface area contributed by atoms with E-state index in [9.17, 15) is 18.3 Å². The summed E-state index contributed by atoms with van der Waals surface area (Å²) in [5.41, 5.74) is -1.01. The van der Waals surface area contributed by atoms with Gasteiger partial charge in [0.1, 0.15) is 0 Å². The number of piperidine rings is 1. The van der Waals surface area contributed by atoms with Crippen molar-refractivity contribution in [2.24, 2.45) is 5.41 Å². The summed E-state index contributed by atoms with van der Waals surface area (Å²) in [4.78, 5) is 11.4. The Balaban J connectivity index is 3.04. The van der Waals surface area contributed by atoms with Gasteiger partial charge >= 0.3 is 5.97 Å². The molecule has 6 nitrogen and oxygen atoms in total. The van der Waals surface area contributed by atoms with Crippen LogP contribution in [0.25, 0.3) is 0 Å². The molecule has 19 heavy (non-hydrogen) atoms. The maximum absolute atomic E-state index is 12.3. The Bertz CT molecular complexity index is 482. The van der Waals surface area contributed by atoms with Crippen molar-refractivity contribution >= 4 is 16.0 Å². The number of nitriles is 1. The minimum absolute atomic E-state index is 0.0284. The van der Waals surface area contributed by atoms with Crippen molar-refractivity contribution in [3.63, 3.8) is 0 Å². The van der Waals surface area contributed by atoms with Gasteiger partial charge in [-0.2, -0.15) is 9.57 Å². The molecule has 0 aromatic rings. The lowest BCUT2D eigenvalue weighted by molar-refractivity contribution is -0.151. The number of sulfonamides is 1. The smallest absolute Gasteiger partial charge is 0.310 e. The van der Waals surface area contributed by atoms with Gasteiger partial charge in [0.15, 0.2) is 5.25 Å². The van der Waals surface area contributed by atoms with Crippen molar-refractivity contribution < 1.29 is 18.3 Å². The van der Waals surface area contributed by atoms with Crippen molar-refractivity contribution in [2.45, 2.75) is 44.8 Å². The fraction of sp³-hybridized carbons (Fsp3) is 0.833. The maximum atomic E-state index is 12.3. The molecule has 1 saturated heterocycles.